The molecule has 0 atom stereocenters. The van der Waals surface area contributed by atoms with Crippen LogP contribution in [0.25, 0.3) is 61.0 Å². The third-order valence-electron chi connectivity index (χ3n) is 9.66. The summed E-state index contributed by atoms with van der Waals surface area (Å²) in [4.78, 5) is 10.2. The van der Waals surface area contributed by atoms with Crippen LogP contribution in [0.1, 0.15) is 51.7 Å². The van der Waals surface area contributed by atoms with Gasteiger partial charge < -0.3 is 4.57 Å². The van der Waals surface area contributed by atoms with Crippen LogP contribution in [0.15, 0.2) is 115 Å². The van der Waals surface area contributed by atoms with E-state index in [0.29, 0.717) is 0 Å². The second-order valence-corrected chi connectivity index (χ2v) is 13.4. The van der Waals surface area contributed by atoms with E-state index in [1.165, 1.54) is 45.8 Å². The van der Waals surface area contributed by atoms with Crippen LogP contribution in [-0.4, -0.2) is 14.5 Å². The number of aromatic nitrogens is 3. The summed E-state index contributed by atoms with van der Waals surface area (Å²) in [6.45, 7) is 9.62. The predicted molar refractivity (Wildman–Crippen MR) is 180 cm³/mol. The average molecular weight is 558 g/mol. The maximum absolute atomic E-state index is 5.16. The summed E-state index contributed by atoms with van der Waals surface area (Å²) in [5.41, 5.74) is 10.9. The summed E-state index contributed by atoms with van der Waals surface area (Å²) >= 11 is 0. The van der Waals surface area contributed by atoms with Crippen LogP contribution >= 0.6 is 0 Å². The molecule has 0 amide bonds. The van der Waals surface area contributed by atoms with Crippen molar-refractivity contribution in [2.75, 3.05) is 0 Å². The number of rotatable bonds is 3. The average Bonchev–Trinajstić information content (AvgIpc) is 3.36. The summed E-state index contributed by atoms with van der Waals surface area (Å²) < 4.78 is 2.44. The van der Waals surface area contributed by atoms with Gasteiger partial charge in [0.05, 0.1) is 22.2 Å². The fourth-order valence-electron chi connectivity index (χ4n) is 7.11. The minimum Gasteiger partial charge on any atom is -0.309 e. The molecule has 0 spiro atoms. The van der Waals surface area contributed by atoms with E-state index in [1.807, 2.05) is 12.1 Å². The molecule has 0 fully saturated rings. The van der Waals surface area contributed by atoms with Crippen molar-refractivity contribution in [2.45, 2.75) is 51.4 Å². The van der Waals surface area contributed by atoms with Crippen molar-refractivity contribution in [1.29, 1.82) is 0 Å². The highest BCUT2D eigenvalue weighted by molar-refractivity contribution is 6.10. The highest BCUT2D eigenvalue weighted by atomic mass is 15.0. The van der Waals surface area contributed by atoms with Gasteiger partial charge in [0.15, 0.2) is 5.82 Å². The topological polar surface area (TPSA) is 30.7 Å². The summed E-state index contributed by atoms with van der Waals surface area (Å²) in [6.07, 6.45) is 2.40. The van der Waals surface area contributed by atoms with Gasteiger partial charge in [0, 0.05) is 33.0 Å². The van der Waals surface area contributed by atoms with Gasteiger partial charge >= 0.3 is 0 Å². The molecule has 1 aliphatic carbocycles. The molecule has 0 aliphatic heterocycles. The number of fused-ring (bicyclic) bond motifs is 5. The van der Waals surface area contributed by atoms with Crippen LogP contribution < -0.4 is 0 Å². The first-order valence-electron chi connectivity index (χ1n) is 15.3. The highest BCUT2D eigenvalue weighted by Crippen LogP contribution is 2.48. The van der Waals surface area contributed by atoms with E-state index < -0.39 is 0 Å². The summed E-state index contributed by atoms with van der Waals surface area (Å²) in [5, 5.41) is 3.67. The van der Waals surface area contributed by atoms with Crippen LogP contribution in [0.4, 0.5) is 0 Å². The molecule has 3 nitrogen and oxygen atoms in total. The fourth-order valence-corrected chi connectivity index (χ4v) is 7.11. The van der Waals surface area contributed by atoms with Crippen LogP contribution in [0.5, 0.6) is 0 Å². The summed E-state index contributed by atoms with van der Waals surface area (Å²) in [7, 11) is 0. The SMILES string of the molecule is CC1(C)CCC(C)(C)c2cc3c(cc21)c1ccccc1n3-c1cccc(-c2nc(-c3ccccc3)c3ccccc3n2)c1. The second kappa shape index (κ2) is 9.37. The Balaban J connectivity index is 1.37. The lowest BCUT2D eigenvalue weighted by Gasteiger charge is -2.42. The molecule has 8 rings (SSSR count). The van der Waals surface area contributed by atoms with E-state index in [2.05, 4.69) is 135 Å². The first-order valence-corrected chi connectivity index (χ1v) is 15.3. The van der Waals surface area contributed by atoms with Gasteiger partial charge in [-0.25, -0.2) is 9.97 Å². The molecule has 2 aromatic heterocycles. The van der Waals surface area contributed by atoms with Gasteiger partial charge in [-0.1, -0.05) is 107 Å². The molecule has 1 aliphatic rings. The van der Waals surface area contributed by atoms with Gasteiger partial charge in [-0.15, -0.1) is 0 Å². The lowest BCUT2D eigenvalue weighted by Crippen LogP contribution is -2.33. The number of hydrogen-bond donors (Lipinski definition) is 0. The standard InChI is InChI=1S/C40H35N3/c1-39(2)21-22-40(3,4)33-25-36-31(24-32(33)39)29-17-9-11-20-35(29)43(36)28-16-12-15-27(23-28)38-41-34-19-10-8-18-30(34)37(42-38)26-13-6-5-7-14-26/h5-20,23-25H,21-22H2,1-4H3. The Morgan fingerprint density at radius 2 is 1.19 bits per heavy atom. The lowest BCUT2D eigenvalue weighted by atomic mass is 9.63. The van der Waals surface area contributed by atoms with Crippen LogP contribution in [-0.2, 0) is 10.8 Å². The van der Waals surface area contributed by atoms with E-state index >= 15 is 0 Å². The number of para-hydroxylation sites is 2. The Bertz CT molecular complexity index is 2180. The summed E-state index contributed by atoms with van der Waals surface area (Å²) in [5.74, 6) is 0.737. The van der Waals surface area contributed by atoms with E-state index in [4.69, 9.17) is 9.97 Å². The lowest BCUT2D eigenvalue weighted by molar-refractivity contribution is 0.332. The molecule has 43 heavy (non-hydrogen) atoms. The molecule has 0 N–H and O–H groups in total. The van der Waals surface area contributed by atoms with E-state index in [1.54, 1.807) is 0 Å². The van der Waals surface area contributed by atoms with Crippen molar-refractivity contribution in [2.24, 2.45) is 0 Å². The monoisotopic (exact) mass is 557 g/mol. The van der Waals surface area contributed by atoms with Crippen LogP contribution in [0.3, 0.4) is 0 Å². The fraction of sp³-hybridized carbons (Fsp3) is 0.200. The predicted octanol–water partition coefficient (Wildman–Crippen LogP) is 10.4. The summed E-state index contributed by atoms with van der Waals surface area (Å²) in [6, 6.07) is 41.2. The first kappa shape index (κ1) is 25.9. The van der Waals surface area contributed by atoms with Crippen molar-refractivity contribution in [3.05, 3.63) is 126 Å². The molecule has 7 aromatic rings. The maximum Gasteiger partial charge on any atom is 0.160 e. The van der Waals surface area contributed by atoms with E-state index in [0.717, 1.165) is 39.2 Å². The van der Waals surface area contributed by atoms with Gasteiger partial charge in [0.25, 0.3) is 0 Å². The molecule has 0 unspecified atom stereocenters. The van der Waals surface area contributed by atoms with Crippen molar-refractivity contribution < 1.29 is 0 Å². The Kier molecular flexibility index (Phi) is 5.65. The first-order chi connectivity index (χ1) is 20.8. The number of benzene rings is 5. The Labute approximate surface area is 252 Å². The van der Waals surface area contributed by atoms with Crippen molar-refractivity contribution in [3.63, 3.8) is 0 Å². The highest BCUT2D eigenvalue weighted by Gasteiger charge is 2.37. The van der Waals surface area contributed by atoms with Gasteiger partial charge in [-0.05, 0) is 71.2 Å². The van der Waals surface area contributed by atoms with E-state index in [-0.39, 0.29) is 10.8 Å². The molecule has 210 valence electrons. The normalized spacial score (nSPS) is 15.6. The van der Waals surface area contributed by atoms with E-state index in [9.17, 15) is 0 Å². The smallest absolute Gasteiger partial charge is 0.160 e. The zero-order valence-corrected chi connectivity index (χ0v) is 25.2. The molecule has 0 saturated carbocycles. The third kappa shape index (κ3) is 4.10. The number of hydrogen-bond acceptors (Lipinski definition) is 2. The van der Waals surface area contributed by atoms with Crippen molar-refractivity contribution in [1.82, 2.24) is 14.5 Å². The molecule has 0 saturated heterocycles. The van der Waals surface area contributed by atoms with Gasteiger partial charge in [0.2, 0.25) is 0 Å². The zero-order chi connectivity index (χ0) is 29.3. The van der Waals surface area contributed by atoms with Gasteiger partial charge in [0.1, 0.15) is 0 Å². The Morgan fingerprint density at radius 1 is 0.535 bits per heavy atom. The molecule has 3 heteroatoms. The molecule has 0 bridgehead atoms. The molecule has 2 heterocycles. The van der Waals surface area contributed by atoms with Crippen LogP contribution in [0, 0.1) is 0 Å². The Morgan fingerprint density at radius 3 is 1.98 bits per heavy atom. The minimum atomic E-state index is 0.134. The zero-order valence-electron chi connectivity index (χ0n) is 25.2. The second-order valence-electron chi connectivity index (χ2n) is 13.4. The van der Waals surface area contributed by atoms with Gasteiger partial charge in [-0.3, -0.25) is 0 Å². The minimum absolute atomic E-state index is 0.134. The van der Waals surface area contributed by atoms with Gasteiger partial charge in [-0.2, -0.15) is 0 Å². The van der Waals surface area contributed by atoms with Crippen LogP contribution in [0.2, 0.25) is 0 Å². The van der Waals surface area contributed by atoms with Crippen molar-refractivity contribution in [3.8, 4) is 28.3 Å². The number of nitrogens with zero attached hydrogens (tertiary/aromatic N) is 3. The molecule has 0 radical (unpaired) electrons. The Hall–Kier alpha value is -4.76. The van der Waals surface area contributed by atoms with Crippen molar-refractivity contribution >= 4 is 32.7 Å². The maximum atomic E-state index is 5.16. The quantitative estimate of drug-likeness (QED) is 0.216. The molecular weight excluding hydrogens is 522 g/mol. The molecular formula is C40H35N3. The third-order valence-corrected chi connectivity index (χ3v) is 9.66. The largest absolute Gasteiger partial charge is 0.309 e. The molecule has 5 aromatic carbocycles.